The number of ketones is 1. The Bertz CT molecular complexity index is 1630. The molecule has 3 heterocycles. The normalized spacial score (nSPS) is 13.9. The smallest absolute Gasteiger partial charge is 0.295 e. The van der Waals surface area contributed by atoms with Crippen LogP contribution in [-0.2, 0) is 4.79 Å². The van der Waals surface area contributed by atoms with Crippen molar-refractivity contribution in [2.75, 3.05) is 26.2 Å². The molecule has 5 aromatic rings. The number of amides is 2. The molecular formula is C28H22FN5O3. The molecule has 0 saturated carbocycles. The highest BCUT2D eigenvalue weighted by atomic mass is 19.1. The molecule has 0 radical (unpaired) electrons. The van der Waals surface area contributed by atoms with Crippen molar-refractivity contribution >= 4 is 39.5 Å². The van der Waals surface area contributed by atoms with Gasteiger partial charge in [-0.15, -0.1) is 0 Å². The number of piperazine rings is 1. The zero-order valence-corrected chi connectivity index (χ0v) is 19.7. The molecule has 0 spiro atoms. The molecule has 1 saturated heterocycles. The predicted molar refractivity (Wildman–Crippen MR) is 137 cm³/mol. The average molecular weight is 496 g/mol. The summed E-state index contributed by atoms with van der Waals surface area (Å²) in [6.07, 6.45) is 1.37. The molecule has 1 aliphatic rings. The number of Topliss-reactive ketones (excluding diaryl/α,β-unsaturated/α-hetero) is 1. The van der Waals surface area contributed by atoms with Gasteiger partial charge in [-0.1, -0.05) is 30.3 Å². The average Bonchev–Trinajstić information content (AvgIpc) is 3.58. The lowest BCUT2D eigenvalue weighted by molar-refractivity contribution is -0.127. The number of carbonyl (C=O) groups excluding carboxylic acids is 3. The van der Waals surface area contributed by atoms with Gasteiger partial charge in [-0.25, -0.2) is 9.37 Å². The molecule has 2 aromatic heterocycles. The third kappa shape index (κ3) is 3.94. The van der Waals surface area contributed by atoms with Crippen LogP contribution >= 0.6 is 0 Å². The lowest BCUT2D eigenvalue weighted by Crippen LogP contribution is -2.52. The summed E-state index contributed by atoms with van der Waals surface area (Å²) >= 11 is 0. The fraction of sp³-hybridized carbons (Fsp3) is 0.143. The molecule has 184 valence electrons. The van der Waals surface area contributed by atoms with E-state index >= 15 is 0 Å². The summed E-state index contributed by atoms with van der Waals surface area (Å²) in [5.74, 6) is -1.71. The first-order valence-corrected chi connectivity index (χ1v) is 11.9. The van der Waals surface area contributed by atoms with Gasteiger partial charge in [0.25, 0.3) is 17.6 Å². The maximum Gasteiger partial charge on any atom is 0.295 e. The number of nitrogens with one attached hydrogen (secondary N) is 2. The zero-order valence-electron chi connectivity index (χ0n) is 19.7. The minimum Gasteiger partial charge on any atom is -0.360 e. The predicted octanol–water partition coefficient (Wildman–Crippen LogP) is 4.02. The molecule has 0 unspecified atom stereocenters. The Kier molecular flexibility index (Phi) is 5.52. The van der Waals surface area contributed by atoms with E-state index in [1.165, 1.54) is 17.2 Å². The second-order valence-corrected chi connectivity index (χ2v) is 8.93. The second kappa shape index (κ2) is 9.02. The van der Waals surface area contributed by atoms with Crippen LogP contribution in [0.15, 0.2) is 72.9 Å². The van der Waals surface area contributed by atoms with Crippen molar-refractivity contribution in [3.8, 4) is 11.4 Å². The van der Waals surface area contributed by atoms with Crippen LogP contribution in [0.5, 0.6) is 0 Å². The third-order valence-corrected chi connectivity index (χ3v) is 6.74. The number of hydrogen-bond acceptors (Lipinski definition) is 4. The van der Waals surface area contributed by atoms with Gasteiger partial charge in [-0.3, -0.25) is 14.4 Å². The quantitative estimate of drug-likeness (QED) is 0.290. The number of carbonyl (C=O) groups is 3. The minimum atomic E-state index is -0.797. The Labute approximate surface area is 210 Å². The minimum absolute atomic E-state index is 0.0294. The molecule has 8 nitrogen and oxygen atoms in total. The number of imidazole rings is 1. The summed E-state index contributed by atoms with van der Waals surface area (Å²) in [6.45, 7) is 1.06. The maximum atomic E-state index is 15.0. The Balaban J connectivity index is 1.24. The van der Waals surface area contributed by atoms with Crippen molar-refractivity contribution in [2.24, 2.45) is 0 Å². The van der Waals surface area contributed by atoms with Crippen molar-refractivity contribution in [1.29, 1.82) is 0 Å². The highest BCUT2D eigenvalue weighted by Crippen LogP contribution is 2.32. The molecule has 2 amide bonds. The number of aromatic nitrogens is 3. The summed E-state index contributed by atoms with van der Waals surface area (Å²) in [5, 5.41) is 0.0502. The SMILES string of the molecule is O=C(C(=O)N1CCN(C(=O)c2ccccc2)CC1)c1c[nH]c2c(-c3nc4ccccc4[nH]3)ccc(F)c12. The third-order valence-electron chi connectivity index (χ3n) is 6.74. The second-order valence-electron chi connectivity index (χ2n) is 8.93. The number of halogens is 1. The van der Waals surface area contributed by atoms with Crippen LogP contribution in [0.2, 0.25) is 0 Å². The summed E-state index contributed by atoms with van der Waals surface area (Å²) in [4.78, 5) is 52.8. The van der Waals surface area contributed by atoms with Crippen LogP contribution in [-0.4, -0.2) is 68.5 Å². The van der Waals surface area contributed by atoms with Gasteiger partial charge >= 0.3 is 0 Å². The van der Waals surface area contributed by atoms with E-state index in [1.807, 2.05) is 30.3 Å². The number of benzene rings is 3. The molecule has 0 aliphatic carbocycles. The number of hydrogen-bond donors (Lipinski definition) is 2. The summed E-state index contributed by atoms with van der Waals surface area (Å²) < 4.78 is 15.0. The number of fused-ring (bicyclic) bond motifs is 2. The first kappa shape index (κ1) is 22.7. The number of H-pyrrole nitrogens is 2. The van der Waals surface area contributed by atoms with Gasteiger partial charge in [0.05, 0.1) is 22.1 Å². The van der Waals surface area contributed by atoms with Crippen LogP contribution in [0.3, 0.4) is 0 Å². The molecule has 2 N–H and O–H groups in total. The van der Waals surface area contributed by atoms with Gasteiger partial charge in [-0.05, 0) is 36.4 Å². The van der Waals surface area contributed by atoms with Gasteiger partial charge in [0, 0.05) is 48.9 Å². The molecule has 3 aromatic carbocycles. The number of aromatic amines is 2. The van der Waals surface area contributed by atoms with E-state index in [0.29, 0.717) is 35.6 Å². The number of nitrogens with zero attached hydrogens (tertiary/aromatic N) is 3. The Hall–Kier alpha value is -4.79. The van der Waals surface area contributed by atoms with Crippen LogP contribution < -0.4 is 0 Å². The summed E-state index contributed by atoms with van der Waals surface area (Å²) in [6, 6.07) is 19.3. The van der Waals surface area contributed by atoms with Gasteiger partial charge < -0.3 is 19.8 Å². The van der Waals surface area contributed by atoms with Crippen LogP contribution in [0.1, 0.15) is 20.7 Å². The Morgan fingerprint density at radius 1 is 0.838 bits per heavy atom. The lowest BCUT2D eigenvalue weighted by Gasteiger charge is -2.34. The maximum absolute atomic E-state index is 15.0. The van der Waals surface area contributed by atoms with E-state index in [2.05, 4.69) is 15.0 Å². The van der Waals surface area contributed by atoms with Crippen molar-refractivity contribution < 1.29 is 18.8 Å². The standard InChI is InChI=1S/C28H22FN5O3/c29-20-11-10-18(26-31-21-8-4-5-9-22(21)32-26)24-23(20)19(16-30-24)25(35)28(37)34-14-12-33(13-15-34)27(36)17-6-2-1-3-7-17/h1-11,16,30H,12-15H2,(H,31,32). The highest BCUT2D eigenvalue weighted by molar-refractivity contribution is 6.45. The molecule has 6 rings (SSSR count). The van der Waals surface area contributed by atoms with E-state index < -0.39 is 17.5 Å². The summed E-state index contributed by atoms with van der Waals surface area (Å²) in [5.41, 5.74) is 3.11. The Morgan fingerprint density at radius 2 is 1.54 bits per heavy atom. The fourth-order valence-corrected chi connectivity index (χ4v) is 4.80. The Morgan fingerprint density at radius 3 is 2.30 bits per heavy atom. The monoisotopic (exact) mass is 495 g/mol. The van der Waals surface area contributed by atoms with E-state index in [0.717, 1.165) is 11.0 Å². The molecule has 9 heteroatoms. The van der Waals surface area contributed by atoms with E-state index in [4.69, 9.17) is 0 Å². The molecule has 1 aliphatic heterocycles. The molecule has 37 heavy (non-hydrogen) atoms. The van der Waals surface area contributed by atoms with Crippen molar-refractivity contribution in [3.05, 3.63) is 89.9 Å². The van der Waals surface area contributed by atoms with Gasteiger partial charge in [0.1, 0.15) is 11.6 Å². The zero-order chi connectivity index (χ0) is 25.5. The van der Waals surface area contributed by atoms with E-state index in [9.17, 15) is 18.8 Å². The van der Waals surface area contributed by atoms with Crippen molar-refractivity contribution in [3.63, 3.8) is 0 Å². The lowest BCUT2D eigenvalue weighted by atomic mass is 10.0. The van der Waals surface area contributed by atoms with Crippen molar-refractivity contribution in [2.45, 2.75) is 0 Å². The van der Waals surface area contributed by atoms with Crippen molar-refractivity contribution in [1.82, 2.24) is 24.8 Å². The number of rotatable bonds is 4. The van der Waals surface area contributed by atoms with Crippen LogP contribution in [0, 0.1) is 5.82 Å². The van der Waals surface area contributed by atoms with E-state index in [1.54, 1.807) is 35.2 Å². The van der Waals surface area contributed by atoms with E-state index in [-0.39, 0.29) is 29.9 Å². The van der Waals surface area contributed by atoms with Gasteiger partial charge in [-0.2, -0.15) is 0 Å². The molecule has 0 bridgehead atoms. The molecule has 0 atom stereocenters. The van der Waals surface area contributed by atoms with Crippen LogP contribution in [0.25, 0.3) is 33.3 Å². The largest absolute Gasteiger partial charge is 0.360 e. The molecule has 1 fully saturated rings. The topological polar surface area (TPSA) is 102 Å². The number of para-hydroxylation sites is 2. The highest BCUT2D eigenvalue weighted by Gasteiger charge is 2.31. The first-order valence-electron chi connectivity index (χ1n) is 11.9. The fourth-order valence-electron chi connectivity index (χ4n) is 4.80. The molecular weight excluding hydrogens is 473 g/mol. The van der Waals surface area contributed by atoms with Gasteiger partial charge in [0.15, 0.2) is 0 Å². The first-order chi connectivity index (χ1) is 18.0. The van der Waals surface area contributed by atoms with Gasteiger partial charge in [0.2, 0.25) is 0 Å². The summed E-state index contributed by atoms with van der Waals surface area (Å²) in [7, 11) is 0. The van der Waals surface area contributed by atoms with Crippen LogP contribution in [0.4, 0.5) is 4.39 Å².